The van der Waals surface area contributed by atoms with Crippen LogP contribution in [0, 0.1) is 5.82 Å². The van der Waals surface area contributed by atoms with Crippen LogP contribution in [0.5, 0.6) is 0 Å². The Hall–Kier alpha value is -2.87. The van der Waals surface area contributed by atoms with Crippen LogP contribution in [0.3, 0.4) is 0 Å². The second-order valence-corrected chi connectivity index (χ2v) is 8.56. The molecule has 0 bridgehead atoms. The summed E-state index contributed by atoms with van der Waals surface area (Å²) in [5.74, 6) is 0.744. The van der Waals surface area contributed by atoms with Crippen LogP contribution >= 0.6 is 0 Å². The molecule has 1 atom stereocenters. The van der Waals surface area contributed by atoms with Crippen molar-refractivity contribution in [2.75, 3.05) is 31.1 Å². The predicted molar refractivity (Wildman–Crippen MR) is 115 cm³/mol. The highest BCUT2D eigenvalue weighted by Crippen LogP contribution is 2.29. The molecule has 0 amide bonds. The molecule has 0 spiro atoms. The molecule has 1 aliphatic heterocycles. The maximum absolute atomic E-state index is 14.3. The smallest absolute Gasteiger partial charge is 0.216 e. The van der Waals surface area contributed by atoms with Crippen LogP contribution in [0.25, 0.3) is 0 Å². The number of rotatable bonds is 5. The lowest BCUT2D eigenvalue weighted by Crippen LogP contribution is -3.15. The van der Waals surface area contributed by atoms with Gasteiger partial charge in [0.2, 0.25) is 5.82 Å². The third-order valence-corrected chi connectivity index (χ3v) is 6.69. The molecule has 0 radical (unpaired) electrons. The second kappa shape index (κ2) is 9.09. The molecular weight excluding hydrogens is 393 g/mol. The summed E-state index contributed by atoms with van der Waals surface area (Å²) in [7, 11) is 0. The number of nitrogens with one attached hydrogen (secondary N) is 1. The van der Waals surface area contributed by atoms with Crippen LogP contribution in [0.1, 0.15) is 55.7 Å². The second-order valence-electron chi connectivity index (χ2n) is 8.56. The number of anilines is 1. The van der Waals surface area contributed by atoms with E-state index in [4.69, 9.17) is 0 Å². The summed E-state index contributed by atoms with van der Waals surface area (Å²) in [6, 6.07) is 13.4. The first-order valence-corrected chi connectivity index (χ1v) is 11.3. The number of para-hydroxylation sites is 1. The lowest BCUT2D eigenvalue weighted by atomic mass is 9.95. The van der Waals surface area contributed by atoms with Gasteiger partial charge in [-0.05, 0) is 47.5 Å². The van der Waals surface area contributed by atoms with E-state index in [1.54, 1.807) is 6.07 Å². The topological polar surface area (TPSA) is 64.2 Å². The molecule has 31 heavy (non-hydrogen) atoms. The number of piperazine rings is 1. The van der Waals surface area contributed by atoms with Gasteiger partial charge in [0.05, 0.1) is 37.9 Å². The molecule has 3 heterocycles. The fraction of sp³-hybridized carbons (Fsp3) is 0.478. The first-order valence-electron chi connectivity index (χ1n) is 11.3. The van der Waals surface area contributed by atoms with Crippen LogP contribution < -0.4 is 9.80 Å². The number of halogens is 1. The Morgan fingerprint density at radius 1 is 0.968 bits per heavy atom. The van der Waals surface area contributed by atoms with Gasteiger partial charge in [0, 0.05) is 6.20 Å². The van der Waals surface area contributed by atoms with E-state index in [0.717, 1.165) is 50.5 Å². The van der Waals surface area contributed by atoms with Gasteiger partial charge in [0.15, 0.2) is 6.04 Å². The number of aromatic nitrogens is 5. The molecule has 1 saturated carbocycles. The zero-order valence-corrected chi connectivity index (χ0v) is 17.7. The van der Waals surface area contributed by atoms with E-state index in [-0.39, 0.29) is 11.9 Å². The molecule has 3 aromatic rings. The van der Waals surface area contributed by atoms with Crippen molar-refractivity contribution in [3.05, 3.63) is 66.0 Å². The molecule has 5 rings (SSSR count). The van der Waals surface area contributed by atoms with Crippen molar-refractivity contribution in [1.82, 2.24) is 25.2 Å². The van der Waals surface area contributed by atoms with E-state index in [9.17, 15) is 4.39 Å². The molecule has 7 nitrogen and oxygen atoms in total. The number of benzene rings is 1. The van der Waals surface area contributed by atoms with Crippen LogP contribution in [0.4, 0.5) is 10.1 Å². The molecular formula is C23H29FN7+. The third kappa shape index (κ3) is 4.17. The molecule has 162 valence electrons. The van der Waals surface area contributed by atoms with Crippen LogP contribution in [-0.4, -0.2) is 51.4 Å². The summed E-state index contributed by atoms with van der Waals surface area (Å²) in [4.78, 5) is 8.20. The van der Waals surface area contributed by atoms with Crippen molar-refractivity contribution < 1.29 is 9.29 Å². The van der Waals surface area contributed by atoms with Gasteiger partial charge in [0.25, 0.3) is 0 Å². The lowest BCUT2D eigenvalue weighted by molar-refractivity contribution is -0.927. The van der Waals surface area contributed by atoms with Gasteiger partial charge >= 0.3 is 0 Å². The van der Waals surface area contributed by atoms with E-state index in [1.165, 1.54) is 30.2 Å². The summed E-state index contributed by atoms with van der Waals surface area (Å²) >= 11 is 0. The molecule has 1 N–H and O–H groups in total. The van der Waals surface area contributed by atoms with Crippen molar-refractivity contribution in [3.8, 4) is 0 Å². The van der Waals surface area contributed by atoms with Gasteiger partial charge in [-0.3, -0.25) is 4.98 Å². The summed E-state index contributed by atoms with van der Waals surface area (Å²) in [5.41, 5.74) is 1.67. The first kappa shape index (κ1) is 20.1. The standard InChI is InChI=1S/C23H28FN7/c24-19-10-4-5-12-21(19)29-14-16-30(17-15-29)22(20-11-6-7-13-25-20)23-26-27-28-31(23)18-8-2-1-3-9-18/h4-7,10-13,18,22H,1-3,8-9,14-17H2/p+1/t22-/m0/s1. The van der Waals surface area contributed by atoms with Crippen LogP contribution in [-0.2, 0) is 0 Å². The SMILES string of the molecule is Fc1ccccc1N1CC[NH+]([C@@H](c2ccccn2)c2nnnn2C2CCCCC2)CC1. The van der Waals surface area contributed by atoms with Gasteiger partial charge < -0.3 is 9.80 Å². The first-order chi connectivity index (χ1) is 15.3. The Morgan fingerprint density at radius 2 is 1.74 bits per heavy atom. The number of tetrazole rings is 1. The predicted octanol–water partition coefficient (Wildman–Crippen LogP) is 2.21. The minimum Gasteiger partial charge on any atom is -0.358 e. The van der Waals surface area contributed by atoms with E-state index in [1.807, 2.05) is 30.5 Å². The minimum absolute atomic E-state index is 0.0269. The zero-order chi connectivity index (χ0) is 21.0. The molecule has 1 saturated heterocycles. The Kier molecular flexibility index (Phi) is 5.88. The highest BCUT2D eigenvalue weighted by atomic mass is 19.1. The average molecular weight is 423 g/mol. The Labute approximate surface area is 181 Å². The normalized spacial score (nSPS) is 19.5. The molecule has 8 heteroatoms. The summed E-state index contributed by atoms with van der Waals surface area (Å²) < 4.78 is 16.4. The van der Waals surface area contributed by atoms with Gasteiger partial charge in [-0.1, -0.05) is 37.5 Å². The number of pyridine rings is 1. The van der Waals surface area contributed by atoms with Gasteiger partial charge in [-0.15, -0.1) is 5.10 Å². The van der Waals surface area contributed by atoms with E-state index in [2.05, 4.69) is 36.2 Å². The summed E-state index contributed by atoms with van der Waals surface area (Å²) in [6.07, 6.45) is 7.85. The molecule has 0 unspecified atom stereocenters. The molecule has 1 aromatic carbocycles. The maximum atomic E-state index is 14.3. The molecule has 2 fully saturated rings. The summed E-state index contributed by atoms with van der Waals surface area (Å²) in [6.45, 7) is 3.30. The van der Waals surface area contributed by atoms with E-state index < -0.39 is 0 Å². The van der Waals surface area contributed by atoms with Crippen molar-refractivity contribution in [1.29, 1.82) is 0 Å². The van der Waals surface area contributed by atoms with Gasteiger partial charge in [0.1, 0.15) is 11.5 Å². The van der Waals surface area contributed by atoms with Crippen LogP contribution in [0.15, 0.2) is 48.7 Å². The highest BCUT2D eigenvalue weighted by molar-refractivity contribution is 5.47. The number of quaternary nitrogens is 1. The third-order valence-electron chi connectivity index (χ3n) is 6.69. The maximum Gasteiger partial charge on any atom is 0.216 e. The lowest BCUT2D eigenvalue weighted by Gasteiger charge is -2.37. The fourth-order valence-corrected chi connectivity index (χ4v) is 5.08. The van der Waals surface area contributed by atoms with Crippen molar-refractivity contribution in [3.63, 3.8) is 0 Å². The Bertz CT molecular complexity index is 978. The number of nitrogens with zero attached hydrogens (tertiary/aromatic N) is 6. The van der Waals surface area contributed by atoms with Crippen molar-refractivity contribution in [2.45, 2.75) is 44.2 Å². The number of hydrogen-bond donors (Lipinski definition) is 1. The van der Waals surface area contributed by atoms with E-state index in [0.29, 0.717) is 11.7 Å². The minimum atomic E-state index is -0.159. The van der Waals surface area contributed by atoms with Gasteiger partial charge in [-0.25, -0.2) is 9.07 Å². The largest absolute Gasteiger partial charge is 0.358 e. The molecule has 2 aliphatic rings. The van der Waals surface area contributed by atoms with Crippen LogP contribution in [0.2, 0.25) is 0 Å². The Morgan fingerprint density at radius 3 is 2.48 bits per heavy atom. The Balaban J connectivity index is 1.41. The average Bonchev–Trinajstić information content (AvgIpc) is 3.31. The van der Waals surface area contributed by atoms with Crippen molar-refractivity contribution in [2.24, 2.45) is 0 Å². The highest BCUT2D eigenvalue weighted by Gasteiger charge is 2.37. The summed E-state index contributed by atoms with van der Waals surface area (Å²) in [5, 5.41) is 13.0. The zero-order valence-electron chi connectivity index (χ0n) is 17.7. The van der Waals surface area contributed by atoms with Gasteiger partial charge in [-0.2, -0.15) is 0 Å². The number of hydrogen-bond acceptors (Lipinski definition) is 5. The van der Waals surface area contributed by atoms with Crippen molar-refractivity contribution >= 4 is 5.69 Å². The molecule has 1 aliphatic carbocycles. The molecule has 2 aromatic heterocycles. The fourth-order valence-electron chi connectivity index (χ4n) is 5.08. The van der Waals surface area contributed by atoms with E-state index >= 15 is 0 Å². The quantitative estimate of drug-likeness (QED) is 0.683. The monoisotopic (exact) mass is 422 g/mol.